The van der Waals surface area contributed by atoms with Gasteiger partial charge >= 0.3 is 0 Å². The SMILES string of the molecule is N#Cc1cc(CON)ccc1F. The smallest absolute Gasteiger partial charge is 0.140 e. The van der Waals surface area contributed by atoms with Crippen molar-refractivity contribution < 1.29 is 9.23 Å². The topological polar surface area (TPSA) is 59.0 Å². The van der Waals surface area contributed by atoms with Crippen molar-refractivity contribution in [3.63, 3.8) is 0 Å². The van der Waals surface area contributed by atoms with Gasteiger partial charge in [0.05, 0.1) is 12.2 Å². The van der Waals surface area contributed by atoms with Crippen molar-refractivity contribution in [1.29, 1.82) is 5.26 Å². The van der Waals surface area contributed by atoms with Gasteiger partial charge in [-0.15, -0.1) is 0 Å². The summed E-state index contributed by atoms with van der Waals surface area (Å²) in [6.45, 7) is 0.176. The van der Waals surface area contributed by atoms with Crippen LogP contribution in [0, 0.1) is 17.1 Å². The molecule has 1 rings (SSSR count). The average Bonchev–Trinajstić information content (AvgIpc) is 2.09. The normalized spacial score (nSPS) is 9.42. The van der Waals surface area contributed by atoms with Gasteiger partial charge in [-0.3, -0.25) is 4.84 Å². The van der Waals surface area contributed by atoms with Crippen molar-refractivity contribution in [2.24, 2.45) is 5.90 Å². The highest BCUT2D eigenvalue weighted by Crippen LogP contribution is 2.09. The van der Waals surface area contributed by atoms with E-state index in [9.17, 15) is 4.39 Å². The Morgan fingerprint density at radius 3 is 2.92 bits per heavy atom. The molecule has 0 aliphatic rings. The van der Waals surface area contributed by atoms with Crippen LogP contribution in [0.15, 0.2) is 18.2 Å². The van der Waals surface area contributed by atoms with Crippen molar-refractivity contribution in [1.82, 2.24) is 0 Å². The third kappa shape index (κ3) is 1.78. The summed E-state index contributed by atoms with van der Waals surface area (Å²) in [5.41, 5.74) is 0.681. The molecule has 0 fully saturated rings. The third-order valence-corrected chi connectivity index (χ3v) is 1.40. The van der Waals surface area contributed by atoms with Gasteiger partial charge < -0.3 is 0 Å². The molecule has 2 N–H and O–H groups in total. The first-order valence-electron chi connectivity index (χ1n) is 3.28. The van der Waals surface area contributed by atoms with Crippen LogP contribution < -0.4 is 5.90 Å². The quantitative estimate of drug-likeness (QED) is 0.669. The minimum atomic E-state index is -0.529. The van der Waals surface area contributed by atoms with E-state index in [-0.39, 0.29) is 12.2 Å². The number of rotatable bonds is 2. The maximum Gasteiger partial charge on any atom is 0.140 e. The largest absolute Gasteiger partial charge is 0.300 e. The number of halogens is 1. The van der Waals surface area contributed by atoms with Crippen molar-refractivity contribution in [2.45, 2.75) is 6.61 Å². The number of hydrogen-bond donors (Lipinski definition) is 1. The maximum atomic E-state index is 12.7. The van der Waals surface area contributed by atoms with E-state index in [2.05, 4.69) is 4.84 Å². The van der Waals surface area contributed by atoms with E-state index in [1.54, 1.807) is 6.07 Å². The summed E-state index contributed by atoms with van der Waals surface area (Å²) in [6.07, 6.45) is 0. The lowest BCUT2D eigenvalue weighted by atomic mass is 10.1. The van der Waals surface area contributed by atoms with Gasteiger partial charge in [0.1, 0.15) is 11.9 Å². The second-order valence-electron chi connectivity index (χ2n) is 2.24. The standard InChI is InChI=1S/C8H7FN2O/c9-8-2-1-6(5-12-11)3-7(8)4-10/h1-3H,5,11H2. The van der Waals surface area contributed by atoms with Crippen molar-refractivity contribution >= 4 is 0 Å². The fourth-order valence-corrected chi connectivity index (χ4v) is 0.844. The molecule has 0 aliphatic heterocycles. The summed E-state index contributed by atoms with van der Waals surface area (Å²) in [6, 6.07) is 5.86. The predicted octanol–water partition coefficient (Wildman–Crippen LogP) is 1.09. The molecule has 1 aromatic rings. The number of nitrogens with two attached hydrogens (primary N) is 1. The monoisotopic (exact) mass is 166 g/mol. The Balaban J connectivity index is 2.99. The number of benzene rings is 1. The Labute approximate surface area is 69.1 Å². The lowest BCUT2D eigenvalue weighted by molar-refractivity contribution is 0.124. The maximum absolute atomic E-state index is 12.7. The summed E-state index contributed by atoms with van der Waals surface area (Å²) < 4.78 is 12.7. The van der Waals surface area contributed by atoms with Crippen LogP contribution in [-0.2, 0) is 11.4 Å². The Bertz CT molecular complexity index is 319. The van der Waals surface area contributed by atoms with Gasteiger partial charge in [-0.05, 0) is 17.7 Å². The molecule has 0 radical (unpaired) electrons. The summed E-state index contributed by atoms with van der Waals surface area (Å²) in [4.78, 5) is 4.34. The molecule has 3 nitrogen and oxygen atoms in total. The zero-order chi connectivity index (χ0) is 8.97. The second kappa shape index (κ2) is 3.81. The molecule has 0 heterocycles. The first kappa shape index (κ1) is 8.65. The van der Waals surface area contributed by atoms with Gasteiger partial charge in [-0.25, -0.2) is 10.3 Å². The highest BCUT2D eigenvalue weighted by atomic mass is 19.1. The van der Waals surface area contributed by atoms with Crippen molar-refractivity contribution in [2.75, 3.05) is 0 Å². The van der Waals surface area contributed by atoms with Crippen LogP contribution in [0.25, 0.3) is 0 Å². The molecule has 0 bridgehead atoms. The van der Waals surface area contributed by atoms with Gasteiger partial charge in [0.15, 0.2) is 0 Å². The molecule has 62 valence electrons. The molecule has 0 aliphatic carbocycles. The molecule has 0 unspecified atom stereocenters. The summed E-state index contributed by atoms with van der Waals surface area (Å²) in [5, 5.41) is 8.45. The first-order valence-corrected chi connectivity index (χ1v) is 3.28. The van der Waals surface area contributed by atoms with Crippen LogP contribution in [0.2, 0.25) is 0 Å². The number of nitrogens with zero attached hydrogens (tertiary/aromatic N) is 1. The number of nitriles is 1. The Morgan fingerprint density at radius 2 is 2.33 bits per heavy atom. The summed E-state index contributed by atoms with van der Waals surface area (Å²) in [7, 11) is 0. The van der Waals surface area contributed by atoms with E-state index in [1.807, 2.05) is 0 Å². The molecule has 0 saturated heterocycles. The van der Waals surface area contributed by atoms with Crippen LogP contribution in [-0.4, -0.2) is 0 Å². The van der Waals surface area contributed by atoms with E-state index < -0.39 is 5.82 Å². The van der Waals surface area contributed by atoms with Crippen LogP contribution in [0.5, 0.6) is 0 Å². The highest BCUT2D eigenvalue weighted by molar-refractivity contribution is 5.34. The lowest BCUT2D eigenvalue weighted by Crippen LogP contribution is -1.99. The molecule has 0 amide bonds. The van der Waals surface area contributed by atoms with Crippen LogP contribution >= 0.6 is 0 Å². The van der Waals surface area contributed by atoms with Gasteiger partial charge in [-0.2, -0.15) is 5.26 Å². The van der Waals surface area contributed by atoms with Gasteiger partial charge in [0.25, 0.3) is 0 Å². The molecule has 0 saturated carbocycles. The van der Waals surface area contributed by atoms with Gasteiger partial charge in [0, 0.05) is 0 Å². The minimum Gasteiger partial charge on any atom is -0.300 e. The van der Waals surface area contributed by atoms with Crippen LogP contribution in [0.1, 0.15) is 11.1 Å². The Hall–Kier alpha value is -1.44. The molecule has 1 aromatic carbocycles. The van der Waals surface area contributed by atoms with Crippen LogP contribution in [0.4, 0.5) is 4.39 Å². The van der Waals surface area contributed by atoms with Crippen molar-refractivity contribution in [3.05, 3.63) is 35.1 Å². The van der Waals surface area contributed by atoms with E-state index in [0.29, 0.717) is 5.56 Å². The van der Waals surface area contributed by atoms with E-state index in [4.69, 9.17) is 11.2 Å². The fourth-order valence-electron chi connectivity index (χ4n) is 0.844. The molecule has 12 heavy (non-hydrogen) atoms. The molecular weight excluding hydrogens is 159 g/mol. The predicted molar refractivity (Wildman–Crippen MR) is 40.1 cm³/mol. The third-order valence-electron chi connectivity index (χ3n) is 1.40. The van der Waals surface area contributed by atoms with Crippen molar-refractivity contribution in [3.8, 4) is 6.07 Å². The first-order chi connectivity index (χ1) is 5.77. The molecule has 4 heteroatoms. The summed E-state index contributed by atoms with van der Waals surface area (Å²) >= 11 is 0. The van der Waals surface area contributed by atoms with E-state index in [1.165, 1.54) is 18.2 Å². The molecule has 0 spiro atoms. The Kier molecular flexibility index (Phi) is 2.75. The number of hydrogen-bond acceptors (Lipinski definition) is 3. The zero-order valence-electron chi connectivity index (χ0n) is 6.25. The molecule has 0 aromatic heterocycles. The summed E-state index contributed by atoms with van der Waals surface area (Å²) in [5.74, 6) is 4.28. The van der Waals surface area contributed by atoms with Crippen LogP contribution in [0.3, 0.4) is 0 Å². The van der Waals surface area contributed by atoms with Gasteiger partial charge in [0.2, 0.25) is 0 Å². The lowest BCUT2D eigenvalue weighted by Gasteiger charge is -1.99. The van der Waals surface area contributed by atoms with E-state index in [0.717, 1.165) is 0 Å². The minimum absolute atomic E-state index is 0.00421. The second-order valence-corrected chi connectivity index (χ2v) is 2.24. The Morgan fingerprint density at radius 1 is 1.58 bits per heavy atom. The fraction of sp³-hybridized carbons (Fsp3) is 0.125. The zero-order valence-corrected chi connectivity index (χ0v) is 6.25. The highest BCUT2D eigenvalue weighted by Gasteiger charge is 2.01. The van der Waals surface area contributed by atoms with E-state index >= 15 is 0 Å². The average molecular weight is 166 g/mol. The van der Waals surface area contributed by atoms with Gasteiger partial charge in [-0.1, -0.05) is 6.07 Å². The molecule has 0 atom stereocenters. The molecular formula is C8H7FN2O.